The van der Waals surface area contributed by atoms with Crippen LogP contribution >= 0.6 is 7.44 Å². The van der Waals surface area contributed by atoms with Gasteiger partial charge in [-0.2, -0.15) is 0 Å². The fourth-order valence-electron chi connectivity index (χ4n) is 4.35. The highest BCUT2D eigenvalue weighted by molar-refractivity contribution is 7.59. The number of ether oxygens (including phenoxy) is 4. The van der Waals surface area contributed by atoms with Gasteiger partial charge < -0.3 is 18.9 Å². The van der Waals surface area contributed by atoms with Crippen LogP contribution in [0.25, 0.3) is 0 Å². The molecule has 0 amide bonds. The molecule has 0 saturated carbocycles. The van der Waals surface area contributed by atoms with Gasteiger partial charge in [0, 0.05) is 19.3 Å². The van der Waals surface area contributed by atoms with E-state index in [0.717, 1.165) is 17.5 Å². The van der Waals surface area contributed by atoms with Crippen LogP contribution in [-0.2, 0) is 17.7 Å². The van der Waals surface area contributed by atoms with Crippen LogP contribution in [0.2, 0.25) is 0 Å². The summed E-state index contributed by atoms with van der Waals surface area (Å²) in [6, 6.07) is 11.2. The Balaban J connectivity index is 2.32. The van der Waals surface area contributed by atoms with Crippen molar-refractivity contribution in [1.29, 1.82) is 0 Å². The zero-order valence-electron chi connectivity index (χ0n) is 21.9. The minimum absolute atomic E-state index is 0.141. The topological polar surface area (TPSA) is 78.1 Å². The molecule has 0 saturated heterocycles. The molecule has 0 bridgehead atoms. The summed E-state index contributed by atoms with van der Waals surface area (Å²) in [5, 5.41) is 6.65. The molecule has 190 valence electrons. The van der Waals surface area contributed by atoms with Gasteiger partial charge in [-0.1, -0.05) is 39.8 Å². The van der Waals surface area contributed by atoms with Crippen molar-refractivity contribution in [3.8, 4) is 23.0 Å². The molecule has 2 aromatic carbocycles. The minimum atomic E-state index is -3.04. The smallest absolute Gasteiger partial charge is 0.212 e. The Morgan fingerprint density at radius 3 is 1.41 bits per heavy atom. The average molecular weight is 493 g/mol. The van der Waals surface area contributed by atoms with Crippen LogP contribution in [-0.4, -0.2) is 34.6 Å². The van der Waals surface area contributed by atoms with Crippen molar-refractivity contribution in [2.45, 2.75) is 47.2 Å². The molecule has 0 heterocycles. The van der Waals surface area contributed by atoms with E-state index >= 15 is 0 Å². The van der Waals surface area contributed by atoms with Crippen LogP contribution in [0.15, 0.2) is 36.4 Å². The van der Waals surface area contributed by atoms with Crippen LogP contribution in [0.5, 0.6) is 23.0 Å². The molecule has 7 nitrogen and oxygen atoms in total. The lowest BCUT2D eigenvalue weighted by molar-refractivity contribution is 0.320. The van der Waals surface area contributed by atoms with E-state index < -0.39 is 7.44 Å². The van der Waals surface area contributed by atoms with Gasteiger partial charge in [-0.25, -0.2) is 0 Å². The molecule has 2 rings (SSSR count). The maximum atomic E-state index is 14.3. The summed E-state index contributed by atoms with van der Waals surface area (Å²) >= 11 is 0. The van der Waals surface area contributed by atoms with E-state index in [1.165, 1.54) is 0 Å². The monoisotopic (exact) mass is 492 g/mol. The molecule has 0 aliphatic heterocycles. The van der Waals surface area contributed by atoms with Gasteiger partial charge in [0.1, 0.15) is 23.0 Å². The van der Waals surface area contributed by atoms with Crippen LogP contribution in [0.4, 0.5) is 0 Å². The largest absolute Gasteiger partial charge is 0.496 e. The van der Waals surface area contributed by atoms with Crippen LogP contribution < -0.4 is 29.1 Å². The van der Waals surface area contributed by atoms with Crippen molar-refractivity contribution in [2.75, 3.05) is 34.6 Å². The van der Waals surface area contributed by atoms with E-state index in [4.69, 9.17) is 18.9 Å². The van der Waals surface area contributed by atoms with Gasteiger partial charge in [0.2, 0.25) is 7.44 Å². The second-order valence-corrected chi connectivity index (χ2v) is 12.2. The molecule has 8 heteroatoms. The van der Waals surface area contributed by atoms with Gasteiger partial charge in [0.05, 0.1) is 39.6 Å². The lowest BCUT2D eigenvalue weighted by atomic mass is 9.86. The number of hydrogen-bond donors (Lipinski definition) is 2. The van der Waals surface area contributed by atoms with Gasteiger partial charge >= 0.3 is 0 Å². The quantitative estimate of drug-likeness (QED) is 0.339. The SMILES string of the molecule is COc1cccc(OC)c1CNP(=O)(CC(C)CC(C)(C)C)NCc1c(OC)cccc1OC. The van der Waals surface area contributed by atoms with Gasteiger partial charge in [-0.05, 0) is 42.0 Å². The lowest BCUT2D eigenvalue weighted by Gasteiger charge is -2.29. The number of hydrogen-bond acceptors (Lipinski definition) is 5. The first-order chi connectivity index (χ1) is 16.1. The molecule has 1 unspecified atom stereocenters. The van der Waals surface area contributed by atoms with E-state index in [1.807, 2.05) is 36.4 Å². The van der Waals surface area contributed by atoms with Crippen molar-refractivity contribution in [3.05, 3.63) is 47.5 Å². The average Bonchev–Trinajstić information content (AvgIpc) is 2.79. The van der Waals surface area contributed by atoms with Crippen molar-refractivity contribution in [2.24, 2.45) is 11.3 Å². The molecule has 0 fully saturated rings. The van der Waals surface area contributed by atoms with E-state index in [9.17, 15) is 4.57 Å². The predicted octanol–water partition coefficient (Wildman–Crippen LogP) is 5.87. The first kappa shape index (κ1) is 28.0. The second kappa shape index (κ2) is 12.5. The molecular formula is C26H41N2O5P. The first-order valence-corrected chi connectivity index (χ1v) is 13.4. The first-order valence-electron chi connectivity index (χ1n) is 11.5. The van der Waals surface area contributed by atoms with Crippen LogP contribution in [0.3, 0.4) is 0 Å². The number of methoxy groups -OCH3 is 4. The van der Waals surface area contributed by atoms with Crippen molar-refractivity contribution in [3.63, 3.8) is 0 Å². The maximum Gasteiger partial charge on any atom is 0.212 e. The number of nitrogens with one attached hydrogen (secondary N) is 2. The predicted molar refractivity (Wildman–Crippen MR) is 138 cm³/mol. The molecule has 0 aliphatic carbocycles. The van der Waals surface area contributed by atoms with E-state index in [-0.39, 0.29) is 11.3 Å². The number of rotatable bonds is 13. The molecule has 0 aromatic heterocycles. The Morgan fingerprint density at radius 2 is 1.12 bits per heavy atom. The summed E-state index contributed by atoms with van der Waals surface area (Å²) in [5.74, 6) is 2.99. The zero-order chi connectivity index (χ0) is 25.4. The van der Waals surface area contributed by atoms with Crippen molar-refractivity contribution in [1.82, 2.24) is 10.2 Å². The Bertz CT molecular complexity index is 866. The Morgan fingerprint density at radius 1 is 0.765 bits per heavy atom. The van der Waals surface area contributed by atoms with Crippen LogP contribution in [0.1, 0.15) is 45.2 Å². The lowest BCUT2D eigenvalue weighted by Crippen LogP contribution is -2.28. The Labute approximate surface area is 205 Å². The molecule has 1 atom stereocenters. The van der Waals surface area contributed by atoms with Crippen molar-refractivity contribution < 1.29 is 23.5 Å². The van der Waals surface area contributed by atoms with Crippen LogP contribution in [0, 0.1) is 11.3 Å². The fraction of sp³-hybridized carbons (Fsp3) is 0.538. The van der Waals surface area contributed by atoms with Gasteiger partial charge in [-0.15, -0.1) is 0 Å². The molecule has 34 heavy (non-hydrogen) atoms. The minimum Gasteiger partial charge on any atom is -0.496 e. The molecule has 0 aliphatic rings. The Kier molecular flexibility index (Phi) is 10.3. The van der Waals surface area contributed by atoms with E-state index in [0.29, 0.717) is 42.2 Å². The summed E-state index contributed by atoms with van der Waals surface area (Å²) < 4.78 is 36.4. The number of benzene rings is 2. The van der Waals surface area contributed by atoms with Gasteiger partial charge in [0.15, 0.2) is 0 Å². The molecule has 0 spiro atoms. The zero-order valence-corrected chi connectivity index (χ0v) is 22.8. The Hall–Kier alpha value is -2.21. The maximum absolute atomic E-state index is 14.3. The molecular weight excluding hydrogens is 451 g/mol. The standard InChI is InChI=1S/C26H41N2O5P/c1-19(15-26(2,3)4)18-34(29,27-16-20-22(30-5)11-9-12-23(20)31-6)28-17-21-24(32-7)13-10-14-25(21)33-8/h9-14,19H,15-18H2,1-8H3,(H2,27,28,29). The highest BCUT2D eigenvalue weighted by Crippen LogP contribution is 2.44. The fourth-order valence-corrected chi connectivity index (χ4v) is 6.56. The van der Waals surface area contributed by atoms with E-state index in [1.54, 1.807) is 28.4 Å². The summed E-state index contributed by atoms with van der Waals surface area (Å²) in [6.45, 7) is 9.43. The summed E-state index contributed by atoms with van der Waals surface area (Å²) in [4.78, 5) is 0. The normalized spacial score (nSPS) is 12.8. The third-order valence-corrected chi connectivity index (χ3v) is 8.09. The summed E-state index contributed by atoms with van der Waals surface area (Å²) in [5.41, 5.74) is 1.79. The highest BCUT2D eigenvalue weighted by Gasteiger charge is 2.28. The summed E-state index contributed by atoms with van der Waals surface area (Å²) in [7, 11) is 3.45. The van der Waals surface area contributed by atoms with Crippen molar-refractivity contribution >= 4 is 7.44 Å². The third-order valence-electron chi connectivity index (χ3n) is 5.61. The van der Waals surface area contributed by atoms with Gasteiger partial charge in [-0.3, -0.25) is 14.7 Å². The summed E-state index contributed by atoms with van der Waals surface area (Å²) in [6.07, 6.45) is 1.45. The second-order valence-electron chi connectivity index (χ2n) is 9.74. The highest BCUT2D eigenvalue weighted by atomic mass is 31.2. The molecule has 2 N–H and O–H groups in total. The van der Waals surface area contributed by atoms with Gasteiger partial charge in [0.25, 0.3) is 0 Å². The molecule has 0 radical (unpaired) electrons. The molecule has 2 aromatic rings. The van der Waals surface area contributed by atoms with E-state index in [2.05, 4.69) is 37.9 Å². The third kappa shape index (κ3) is 7.93.